The molecule has 7 nitrogen and oxygen atoms in total. The number of hydrogen-bond donors (Lipinski definition) is 0. The van der Waals surface area contributed by atoms with Gasteiger partial charge in [0.1, 0.15) is 18.1 Å². The number of furan rings is 1. The number of halogens is 2. The standard InChI is InChI=1S/C22H24BrClN4O3/c1-15-16(12-26(2)25-15)13-27-7-9-28(10-8-27)22(29)21-6-4-18(31-21)14-30-20-5-3-17(23)11-19(20)24/h3-6,11-12H,7-10,13-14H2,1-2H3. The van der Waals surface area contributed by atoms with Gasteiger partial charge in [-0.05, 0) is 37.3 Å². The van der Waals surface area contributed by atoms with Crippen molar-refractivity contribution in [2.45, 2.75) is 20.1 Å². The molecule has 2 aromatic heterocycles. The Bertz CT molecular complexity index is 1070. The number of hydrogen-bond acceptors (Lipinski definition) is 5. The van der Waals surface area contributed by atoms with E-state index in [-0.39, 0.29) is 12.5 Å². The van der Waals surface area contributed by atoms with Crippen molar-refractivity contribution >= 4 is 33.4 Å². The van der Waals surface area contributed by atoms with Crippen LogP contribution in [0.4, 0.5) is 0 Å². The highest BCUT2D eigenvalue weighted by molar-refractivity contribution is 9.10. The van der Waals surface area contributed by atoms with Gasteiger partial charge in [-0.15, -0.1) is 0 Å². The Labute approximate surface area is 194 Å². The lowest BCUT2D eigenvalue weighted by atomic mass is 10.2. The molecule has 0 atom stereocenters. The summed E-state index contributed by atoms with van der Waals surface area (Å²) in [6, 6.07) is 8.88. The molecule has 0 spiro atoms. The van der Waals surface area contributed by atoms with Crippen LogP contribution in [0.15, 0.2) is 45.4 Å². The van der Waals surface area contributed by atoms with Crippen LogP contribution in [0.1, 0.15) is 27.6 Å². The van der Waals surface area contributed by atoms with Crippen molar-refractivity contribution in [2.24, 2.45) is 7.05 Å². The molecule has 0 radical (unpaired) electrons. The van der Waals surface area contributed by atoms with E-state index >= 15 is 0 Å². The maximum atomic E-state index is 12.8. The molecule has 3 heterocycles. The van der Waals surface area contributed by atoms with Gasteiger partial charge in [0, 0.05) is 56.0 Å². The van der Waals surface area contributed by atoms with Crippen LogP contribution in [0.3, 0.4) is 0 Å². The second kappa shape index (κ2) is 9.46. The van der Waals surface area contributed by atoms with E-state index < -0.39 is 0 Å². The number of ether oxygens (including phenoxy) is 1. The molecule has 0 saturated carbocycles. The Balaban J connectivity index is 1.29. The highest BCUT2D eigenvalue weighted by Crippen LogP contribution is 2.28. The van der Waals surface area contributed by atoms with Gasteiger partial charge in [-0.3, -0.25) is 14.4 Å². The summed E-state index contributed by atoms with van der Waals surface area (Å²) in [5.74, 6) is 1.38. The van der Waals surface area contributed by atoms with Crippen molar-refractivity contribution < 1.29 is 13.9 Å². The number of aromatic nitrogens is 2. The van der Waals surface area contributed by atoms with Gasteiger partial charge in [-0.2, -0.15) is 5.10 Å². The summed E-state index contributed by atoms with van der Waals surface area (Å²) in [6.07, 6.45) is 2.06. The number of benzene rings is 1. The molecule has 1 fully saturated rings. The van der Waals surface area contributed by atoms with Crippen LogP contribution >= 0.6 is 27.5 Å². The summed E-state index contributed by atoms with van der Waals surface area (Å²) in [5, 5.41) is 4.91. The maximum absolute atomic E-state index is 12.8. The average molecular weight is 508 g/mol. The van der Waals surface area contributed by atoms with Gasteiger partial charge in [0.15, 0.2) is 5.76 Å². The first-order valence-corrected chi connectivity index (χ1v) is 11.2. The summed E-state index contributed by atoms with van der Waals surface area (Å²) in [7, 11) is 1.93. The van der Waals surface area contributed by atoms with Crippen LogP contribution in [0.5, 0.6) is 5.75 Å². The van der Waals surface area contributed by atoms with Crippen LogP contribution in [0, 0.1) is 6.92 Å². The van der Waals surface area contributed by atoms with Crippen molar-refractivity contribution in [1.82, 2.24) is 19.6 Å². The molecule has 4 rings (SSSR count). The number of carbonyl (C=O) groups is 1. The van der Waals surface area contributed by atoms with Gasteiger partial charge in [0.2, 0.25) is 0 Å². The Morgan fingerprint density at radius 3 is 2.68 bits per heavy atom. The van der Waals surface area contributed by atoms with Crippen LogP contribution in [-0.2, 0) is 20.2 Å². The van der Waals surface area contributed by atoms with Gasteiger partial charge in [-0.1, -0.05) is 27.5 Å². The third-order valence-corrected chi connectivity index (χ3v) is 6.09. The van der Waals surface area contributed by atoms with Gasteiger partial charge >= 0.3 is 0 Å². The number of carbonyl (C=O) groups excluding carboxylic acids is 1. The third kappa shape index (κ3) is 5.31. The minimum Gasteiger partial charge on any atom is -0.484 e. The predicted octanol–water partition coefficient (Wildman–Crippen LogP) is 4.27. The Morgan fingerprint density at radius 1 is 1.23 bits per heavy atom. The minimum atomic E-state index is -0.0925. The molecule has 0 unspecified atom stereocenters. The highest BCUT2D eigenvalue weighted by atomic mass is 79.9. The van der Waals surface area contributed by atoms with Crippen molar-refractivity contribution in [3.8, 4) is 5.75 Å². The fourth-order valence-electron chi connectivity index (χ4n) is 3.62. The molecule has 1 saturated heterocycles. The molecule has 0 aliphatic carbocycles. The van der Waals surface area contributed by atoms with E-state index in [1.165, 1.54) is 5.56 Å². The van der Waals surface area contributed by atoms with E-state index in [4.69, 9.17) is 20.8 Å². The van der Waals surface area contributed by atoms with Gasteiger partial charge in [0.25, 0.3) is 5.91 Å². The first-order chi connectivity index (χ1) is 14.9. The van der Waals surface area contributed by atoms with E-state index in [2.05, 4.69) is 32.1 Å². The Hall–Kier alpha value is -2.29. The fourth-order valence-corrected chi connectivity index (χ4v) is 4.35. The van der Waals surface area contributed by atoms with Crippen LogP contribution in [0.2, 0.25) is 5.02 Å². The SMILES string of the molecule is Cc1nn(C)cc1CN1CCN(C(=O)c2ccc(COc3ccc(Br)cc3Cl)o2)CC1. The molecule has 1 amide bonds. The molecular formula is C22H24BrClN4O3. The Kier molecular flexibility index (Phi) is 6.69. The molecule has 1 aliphatic rings. The van der Waals surface area contributed by atoms with Crippen LogP contribution < -0.4 is 4.74 Å². The summed E-state index contributed by atoms with van der Waals surface area (Å²) < 4.78 is 14.2. The smallest absolute Gasteiger partial charge is 0.289 e. The van der Waals surface area contributed by atoms with Gasteiger partial charge in [-0.25, -0.2) is 0 Å². The van der Waals surface area contributed by atoms with E-state index in [1.54, 1.807) is 24.3 Å². The molecule has 9 heteroatoms. The summed E-state index contributed by atoms with van der Waals surface area (Å²) in [6.45, 7) is 6.05. The second-order valence-corrected chi connectivity index (χ2v) is 8.93. The van der Waals surface area contributed by atoms with E-state index in [1.807, 2.05) is 29.6 Å². The summed E-state index contributed by atoms with van der Waals surface area (Å²) >= 11 is 9.54. The van der Waals surface area contributed by atoms with Crippen molar-refractivity contribution in [3.05, 3.63) is 68.8 Å². The highest BCUT2D eigenvalue weighted by Gasteiger charge is 2.25. The third-order valence-electron chi connectivity index (χ3n) is 5.30. The molecule has 3 aromatic rings. The molecule has 0 bridgehead atoms. The molecule has 31 heavy (non-hydrogen) atoms. The number of aryl methyl sites for hydroxylation is 2. The molecular weight excluding hydrogens is 484 g/mol. The average Bonchev–Trinajstić information content (AvgIpc) is 3.33. The molecule has 164 valence electrons. The number of amides is 1. The molecule has 0 N–H and O–H groups in total. The fraction of sp³-hybridized carbons (Fsp3) is 0.364. The first-order valence-electron chi connectivity index (χ1n) is 10.1. The number of piperazine rings is 1. The van der Waals surface area contributed by atoms with Crippen molar-refractivity contribution in [3.63, 3.8) is 0 Å². The minimum absolute atomic E-state index is 0.0925. The second-order valence-electron chi connectivity index (χ2n) is 7.61. The number of nitrogens with zero attached hydrogens (tertiary/aromatic N) is 4. The maximum Gasteiger partial charge on any atom is 0.289 e. The quantitative estimate of drug-likeness (QED) is 0.498. The summed E-state index contributed by atoms with van der Waals surface area (Å²) in [5.41, 5.74) is 2.28. The lowest BCUT2D eigenvalue weighted by molar-refractivity contribution is 0.0594. The zero-order chi connectivity index (χ0) is 22.0. The lowest BCUT2D eigenvalue weighted by Gasteiger charge is -2.34. The normalized spacial score (nSPS) is 14.8. The Morgan fingerprint density at radius 2 is 2.00 bits per heavy atom. The van der Waals surface area contributed by atoms with Crippen LogP contribution in [-0.4, -0.2) is 51.7 Å². The van der Waals surface area contributed by atoms with E-state index in [0.717, 1.165) is 29.8 Å². The zero-order valence-electron chi connectivity index (χ0n) is 17.5. The molecule has 1 aliphatic heterocycles. The van der Waals surface area contributed by atoms with Crippen molar-refractivity contribution in [1.29, 1.82) is 0 Å². The topological polar surface area (TPSA) is 63.7 Å². The van der Waals surface area contributed by atoms with E-state index in [0.29, 0.717) is 35.4 Å². The van der Waals surface area contributed by atoms with Crippen molar-refractivity contribution in [2.75, 3.05) is 26.2 Å². The monoisotopic (exact) mass is 506 g/mol. The van der Waals surface area contributed by atoms with Gasteiger partial charge in [0.05, 0.1) is 10.7 Å². The largest absolute Gasteiger partial charge is 0.484 e. The lowest BCUT2D eigenvalue weighted by Crippen LogP contribution is -2.48. The summed E-state index contributed by atoms with van der Waals surface area (Å²) in [4.78, 5) is 17.0. The molecule has 1 aromatic carbocycles. The zero-order valence-corrected chi connectivity index (χ0v) is 19.8. The predicted molar refractivity (Wildman–Crippen MR) is 121 cm³/mol. The van der Waals surface area contributed by atoms with E-state index in [9.17, 15) is 4.79 Å². The number of rotatable bonds is 6. The first kappa shape index (κ1) is 21.9. The van der Waals surface area contributed by atoms with Crippen LogP contribution in [0.25, 0.3) is 0 Å². The van der Waals surface area contributed by atoms with Gasteiger partial charge < -0.3 is 14.1 Å².